The number of quaternary nitrogens is 1. The fourth-order valence-electron chi connectivity index (χ4n) is 2.83. The highest BCUT2D eigenvalue weighted by Crippen LogP contribution is 2.55. The first kappa shape index (κ1) is 35.1. The predicted molar refractivity (Wildman–Crippen MR) is 109 cm³/mol. The Hall–Kier alpha value is -0.920. The van der Waals surface area contributed by atoms with Gasteiger partial charge in [-0.1, -0.05) is 13.8 Å². The van der Waals surface area contributed by atoms with Crippen molar-refractivity contribution in [3.05, 3.63) is 5.21 Å². The van der Waals surface area contributed by atoms with Crippen LogP contribution in [0.15, 0.2) is 0 Å². The minimum atomic E-state index is -7.49. The molecule has 0 bridgehead atoms. The zero-order chi connectivity index (χ0) is 28.5. The highest BCUT2D eigenvalue weighted by atomic mass is 32.2. The molecule has 0 aliphatic heterocycles. The number of methoxy groups -OCH3 is 1. The van der Waals surface area contributed by atoms with Crippen molar-refractivity contribution >= 4 is 10.0 Å². The topological polar surface area (TPSA) is 88.1 Å². The molecule has 0 spiro atoms. The van der Waals surface area contributed by atoms with Gasteiger partial charge in [-0.15, -0.1) is 0 Å². The van der Waals surface area contributed by atoms with E-state index in [-0.39, 0.29) is 33.0 Å². The van der Waals surface area contributed by atoms with Gasteiger partial charge in [0.05, 0.1) is 39.6 Å². The molecular weight excluding hydrogens is 543 g/mol. The molecule has 0 N–H and O–H groups in total. The normalized spacial score (nSPS) is 15.9. The maximum absolute atomic E-state index is 14.4. The summed E-state index contributed by atoms with van der Waals surface area (Å²) >= 11 is 0. The fraction of sp³-hybridized carbons (Fsp3) is 1.00. The maximum Gasteiger partial charge on any atom is 0.464 e. The lowest BCUT2D eigenvalue weighted by Gasteiger charge is -2.44. The van der Waals surface area contributed by atoms with E-state index < -0.39 is 63.5 Å². The Labute approximate surface area is 203 Å². The van der Waals surface area contributed by atoms with Crippen LogP contribution in [0.2, 0.25) is 0 Å². The van der Waals surface area contributed by atoms with Crippen LogP contribution in [0.4, 0.5) is 39.5 Å². The van der Waals surface area contributed by atoms with E-state index >= 15 is 0 Å². The second-order valence-electron chi connectivity index (χ2n) is 7.50. The van der Waals surface area contributed by atoms with Crippen LogP contribution in [0.1, 0.15) is 20.3 Å². The van der Waals surface area contributed by atoms with Crippen LogP contribution in [0.3, 0.4) is 0 Å². The van der Waals surface area contributed by atoms with E-state index in [1.807, 2.05) is 0 Å². The number of sulfonamides is 1. The molecule has 218 valence electrons. The molecule has 36 heavy (non-hydrogen) atoms. The molecule has 8 nitrogen and oxygen atoms in total. The SMILES string of the molecule is CCN(CC)CCC[N+]([O-])(CCOCCOCCOC)S(=O)(=O)C(F)(F)C(F)(F)C(F)(F)C(F)(F)F. The summed E-state index contributed by atoms with van der Waals surface area (Å²) in [6.45, 7) is 0.154. The van der Waals surface area contributed by atoms with Crippen LogP contribution < -0.4 is 0 Å². The number of halogens is 9. The van der Waals surface area contributed by atoms with Crippen molar-refractivity contribution < 1.29 is 66.2 Å². The minimum Gasteiger partial charge on any atom is -0.616 e. The Balaban J connectivity index is 5.91. The maximum atomic E-state index is 14.4. The van der Waals surface area contributed by atoms with Gasteiger partial charge in [0.15, 0.2) is 0 Å². The zero-order valence-electron chi connectivity index (χ0n) is 19.9. The lowest BCUT2D eigenvalue weighted by atomic mass is 10.1. The van der Waals surface area contributed by atoms with Gasteiger partial charge in [-0.05, 0) is 13.1 Å². The summed E-state index contributed by atoms with van der Waals surface area (Å²) in [6, 6.07) is 0. The average Bonchev–Trinajstić information content (AvgIpc) is 2.77. The van der Waals surface area contributed by atoms with Gasteiger partial charge in [0.1, 0.15) is 6.54 Å². The number of hydroxylamine groups is 2. The van der Waals surface area contributed by atoms with E-state index in [4.69, 9.17) is 14.2 Å². The number of hydrogen-bond donors (Lipinski definition) is 0. The third kappa shape index (κ3) is 7.80. The number of alkyl halides is 9. The summed E-state index contributed by atoms with van der Waals surface area (Å²) in [7, 11) is -5.86. The van der Waals surface area contributed by atoms with E-state index in [0.717, 1.165) is 0 Å². The molecule has 18 heteroatoms. The largest absolute Gasteiger partial charge is 0.616 e. The van der Waals surface area contributed by atoms with E-state index in [0.29, 0.717) is 13.1 Å². The van der Waals surface area contributed by atoms with Crippen molar-refractivity contribution in [2.45, 2.75) is 43.5 Å². The summed E-state index contributed by atoms with van der Waals surface area (Å²) in [6.07, 6.45) is -7.72. The van der Waals surface area contributed by atoms with Crippen molar-refractivity contribution in [3.63, 3.8) is 0 Å². The van der Waals surface area contributed by atoms with E-state index in [9.17, 15) is 53.1 Å². The van der Waals surface area contributed by atoms with Crippen LogP contribution in [0.5, 0.6) is 0 Å². The van der Waals surface area contributed by atoms with Crippen LogP contribution in [0, 0.1) is 5.21 Å². The van der Waals surface area contributed by atoms with Gasteiger partial charge in [-0.25, -0.2) is 4.05 Å². The highest BCUT2D eigenvalue weighted by Gasteiger charge is 2.87. The van der Waals surface area contributed by atoms with Gasteiger partial charge in [0, 0.05) is 20.1 Å². The second-order valence-corrected chi connectivity index (χ2v) is 9.63. The average molecular weight is 575 g/mol. The quantitative estimate of drug-likeness (QED) is 0.101. The lowest BCUT2D eigenvalue weighted by Crippen LogP contribution is -2.68. The van der Waals surface area contributed by atoms with Crippen LogP contribution in [-0.2, 0) is 24.2 Å². The summed E-state index contributed by atoms with van der Waals surface area (Å²) < 4.78 is 156. The summed E-state index contributed by atoms with van der Waals surface area (Å²) in [5.74, 6) is -14.9. The Morgan fingerprint density at radius 3 is 1.69 bits per heavy atom. The Bertz CT molecular complexity index is 752. The van der Waals surface area contributed by atoms with Gasteiger partial charge < -0.3 is 24.3 Å². The van der Waals surface area contributed by atoms with Gasteiger partial charge in [0.2, 0.25) is 0 Å². The molecule has 1 atom stereocenters. The zero-order valence-corrected chi connectivity index (χ0v) is 20.7. The monoisotopic (exact) mass is 574 g/mol. The molecule has 0 aliphatic carbocycles. The molecule has 0 aromatic rings. The molecule has 0 aliphatic rings. The molecule has 0 heterocycles. The first-order valence-electron chi connectivity index (χ1n) is 10.7. The minimum absolute atomic E-state index is 0.0698. The molecule has 0 saturated heterocycles. The Morgan fingerprint density at radius 2 is 1.25 bits per heavy atom. The smallest absolute Gasteiger partial charge is 0.464 e. The summed E-state index contributed by atoms with van der Waals surface area (Å²) in [5.41, 5.74) is 0. The van der Waals surface area contributed by atoms with Crippen LogP contribution >= 0.6 is 0 Å². The van der Waals surface area contributed by atoms with Gasteiger partial charge in [0.25, 0.3) is 0 Å². The van der Waals surface area contributed by atoms with Gasteiger partial charge >= 0.3 is 33.3 Å². The van der Waals surface area contributed by atoms with E-state index in [1.165, 1.54) is 7.11 Å². The van der Waals surface area contributed by atoms with Crippen molar-refractivity contribution in [3.8, 4) is 0 Å². The predicted octanol–water partition coefficient (Wildman–Crippen LogP) is 3.47. The molecule has 0 radical (unpaired) electrons. The van der Waals surface area contributed by atoms with Crippen molar-refractivity contribution in [2.24, 2.45) is 0 Å². The fourth-order valence-corrected chi connectivity index (χ4v) is 4.38. The number of hydrogen-bond acceptors (Lipinski definition) is 7. The standard InChI is InChI=1S/C18H31F9N2O6S/c1-4-28(5-2)7-6-8-29(30,9-10-34-13-14-35-12-11-33-3)36(31,32)18(26,27)16(21,22)15(19,20)17(23,24)25/h4-14H2,1-3H3. The second kappa shape index (κ2) is 13.7. The third-order valence-corrected chi connectivity index (χ3v) is 7.27. The molecule has 0 aromatic carbocycles. The summed E-state index contributed by atoms with van der Waals surface area (Å²) in [5, 5.41) is 5.91. The highest BCUT2D eigenvalue weighted by molar-refractivity contribution is 7.87. The van der Waals surface area contributed by atoms with Gasteiger partial charge in [-0.3, -0.25) is 0 Å². The molecule has 1 unspecified atom stereocenters. The Morgan fingerprint density at radius 1 is 0.778 bits per heavy atom. The molecule has 0 amide bonds. The van der Waals surface area contributed by atoms with Crippen LogP contribution in [-0.4, -0.2) is 114 Å². The lowest BCUT2D eigenvalue weighted by molar-refractivity contribution is -0.757. The molecule has 0 aromatic heterocycles. The van der Waals surface area contributed by atoms with Crippen molar-refractivity contribution in [1.29, 1.82) is 0 Å². The molecule has 0 rings (SSSR count). The molecular formula is C18H31F9N2O6S. The first-order chi connectivity index (χ1) is 16.3. The van der Waals surface area contributed by atoms with Gasteiger partial charge in [-0.2, -0.15) is 47.9 Å². The molecule has 0 saturated carbocycles. The number of nitrogens with zero attached hydrogens (tertiary/aromatic N) is 2. The third-order valence-electron chi connectivity index (χ3n) is 5.13. The molecule has 0 fully saturated rings. The van der Waals surface area contributed by atoms with E-state index in [1.54, 1.807) is 18.7 Å². The van der Waals surface area contributed by atoms with Crippen molar-refractivity contribution in [1.82, 2.24) is 4.90 Å². The Kier molecular flexibility index (Phi) is 13.4. The van der Waals surface area contributed by atoms with Crippen LogP contribution in [0.25, 0.3) is 0 Å². The van der Waals surface area contributed by atoms with Crippen molar-refractivity contribution in [2.75, 3.05) is 72.9 Å². The summed E-state index contributed by atoms with van der Waals surface area (Å²) in [4.78, 5) is 1.61. The number of rotatable bonds is 19. The van der Waals surface area contributed by atoms with E-state index in [2.05, 4.69) is 0 Å². The number of ether oxygens (including phenoxy) is 3. The first-order valence-corrected chi connectivity index (χ1v) is 12.1.